The maximum atomic E-state index is 12.9. The molecule has 0 aliphatic carbocycles. The van der Waals surface area contributed by atoms with Crippen molar-refractivity contribution in [1.29, 1.82) is 0 Å². The van der Waals surface area contributed by atoms with Crippen LogP contribution >= 0.6 is 11.6 Å². The molecular weight excluding hydrogens is 359 g/mol. The second-order valence-electron chi connectivity index (χ2n) is 5.73. The molecule has 1 N–H and O–H groups in total. The molecule has 26 heavy (non-hydrogen) atoms. The maximum absolute atomic E-state index is 12.9. The highest BCUT2D eigenvalue weighted by molar-refractivity contribution is 6.30. The number of rotatable bonds is 7. The van der Waals surface area contributed by atoms with E-state index in [2.05, 4.69) is 5.32 Å². The van der Waals surface area contributed by atoms with Crippen molar-refractivity contribution < 1.29 is 18.8 Å². The fourth-order valence-corrected chi connectivity index (χ4v) is 2.35. The average Bonchev–Trinajstić information content (AvgIpc) is 2.61. The van der Waals surface area contributed by atoms with E-state index in [4.69, 9.17) is 11.6 Å². The van der Waals surface area contributed by atoms with Crippen LogP contribution in [0.3, 0.4) is 0 Å². The summed E-state index contributed by atoms with van der Waals surface area (Å²) in [6, 6.07) is 11.8. The first-order chi connectivity index (χ1) is 12.3. The van der Waals surface area contributed by atoms with Crippen molar-refractivity contribution in [3.05, 3.63) is 64.9 Å². The Morgan fingerprint density at radius 1 is 1.00 bits per heavy atom. The molecule has 0 spiro atoms. The van der Waals surface area contributed by atoms with E-state index in [0.717, 1.165) is 0 Å². The van der Waals surface area contributed by atoms with Gasteiger partial charge in [0, 0.05) is 36.2 Å². The van der Waals surface area contributed by atoms with Gasteiger partial charge in [-0.2, -0.15) is 0 Å². The van der Waals surface area contributed by atoms with Crippen molar-refractivity contribution in [2.45, 2.75) is 12.8 Å². The van der Waals surface area contributed by atoms with Gasteiger partial charge in [0.15, 0.2) is 5.78 Å². The van der Waals surface area contributed by atoms with Crippen molar-refractivity contribution in [1.82, 2.24) is 4.90 Å². The molecule has 0 unspecified atom stereocenters. The molecule has 2 aromatic carbocycles. The number of amides is 2. The Labute approximate surface area is 155 Å². The fourth-order valence-electron chi connectivity index (χ4n) is 2.23. The lowest BCUT2D eigenvalue weighted by Crippen LogP contribution is -2.35. The first kappa shape index (κ1) is 19.6. The number of hydrogen-bond donors (Lipinski definition) is 1. The summed E-state index contributed by atoms with van der Waals surface area (Å²) >= 11 is 5.77. The molecule has 136 valence electrons. The first-order valence-electron chi connectivity index (χ1n) is 7.93. The summed E-state index contributed by atoms with van der Waals surface area (Å²) in [7, 11) is 1.49. The summed E-state index contributed by atoms with van der Waals surface area (Å²) in [6.07, 6.45) is -0.0332. The number of carbonyl (C=O) groups excluding carboxylic acids is 3. The topological polar surface area (TPSA) is 66.5 Å². The number of anilines is 1. The van der Waals surface area contributed by atoms with Gasteiger partial charge in [-0.3, -0.25) is 14.4 Å². The van der Waals surface area contributed by atoms with Crippen LogP contribution in [0, 0.1) is 5.82 Å². The molecule has 0 aliphatic rings. The minimum absolute atomic E-state index is 0.00634. The highest BCUT2D eigenvalue weighted by atomic mass is 35.5. The highest BCUT2D eigenvalue weighted by Crippen LogP contribution is 2.13. The van der Waals surface area contributed by atoms with E-state index in [9.17, 15) is 18.8 Å². The zero-order valence-corrected chi connectivity index (χ0v) is 14.9. The number of nitrogens with zero attached hydrogens (tertiary/aromatic N) is 1. The van der Waals surface area contributed by atoms with Crippen molar-refractivity contribution >= 4 is 34.9 Å². The van der Waals surface area contributed by atoms with Gasteiger partial charge in [-0.25, -0.2) is 4.39 Å². The molecule has 0 saturated carbocycles. The number of Topliss-reactive ketones (excluding diaryl/α,β-unsaturated/α-hetero) is 1. The molecule has 7 heteroatoms. The molecule has 0 aromatic heterocycles. The van der Waals surface area contributed by atoms with Gasteiger partial charge < -0.3 is 10.2 Å². The molecule has 0 bridgehead atoms. The lowest BCUT2D eigenvalue weighted by molar-refractivity contribution is -0.133. The maximum Gasteiger partial charge on any atom is 0.243 e. The van der Waals surface area contributed by atoms with Gasteiger partial charge in [-0.15, -0.1) is 0 Å². The summed E-state index contributed by atoms with van der Waals surface area (Å²) in [5.41, 5.74) is 0.925. The van der Waals surface area contributed by atoms with Gasteiger partial charge in [0.1, 0.15) is 5.82 Å². The van der Waals surface area contributed by atoms with E-state index in [1.807, 2.05) is 0 Å². The van der Waals surface area contributed by atoms with Gasteiger partial charge in [-0.05, 0) is 48.5 Å². The smallest absolute Gasteiger partial charge is 0.243 e. The molecule has 2 aromatic rings. The van der Waals surface area contributed by atoms with E-state index < -0.39 is 5.82 Å². The van der Waals surface area contributed by atoms with E-state index in [1.54, 1.807) is 24.3 Å². The Kier molecular flexibility index (Phi) is 6.86. The average molecular weight is 377 g/mol. The second kappa shape index (κ2) is 9.10. The monoisotopic (exact) mass is 376 g/mol. The Bertz CT molecular complexity index is 791. The third-order valence-electron chi connectivity index (χ3n) is 3.67. The van der Waals surface area contributed by atoms with Crippen molar-refractivity contribution in [2.75, 3.05) is 18.9 Å². The SMILES string of the molecule is CN(CC(=O)Nc1ccc(Cl)cc1)C(=O)CCC(=O)c1ccc(F)cc1. The number of nitrogens with one attached hydrogen (secondary N) is 1. The number of hydrogen-bond acceptors (Lipinski definition) is 3. The van der Waals surface area contributed by atoms with Crippen LogP contribution in [0.4, 0.5) is 10.1 Å². The minimum atomic E-state index is -0.427. The van der Waals surface area contributed by atoms with E-state index >= 15 is 0 Å². The third kappa shape index (κ3) is 5.97. The van der Waals surface area contributed by atoms with Gasteiger partial charge in [0.2, 0.25) is 11.8 Å². The molecule has 5 nitrogen and oxygen atoms in total. The second-order valence-corrected chi connectivity index (χ2v) is 6.17. The molecule has 0 aliphatic heterocycles. The van der Waals surface area contributed by atoms with Crippen LogP contribution in [0.5, 0.6) is 0 Å². The zero-order valence-electron chi connectivity index (χ0n) is 14.2. The molecule has 0 fully saturated rings. The van der Waals surface area contributed by atoms with Crippen molar-refractivity contribution in [3.8, 4) is 0 Å². The molecule has 0 radical (unpaired) electrons. The van der Waals surface area contributed by atoms with Crippen LogP contribution in [0.2, 0.25) is 5.02 Å². The zero-order chi connectivity index (χ0) is 19.1. The summed E-state index contributed by atoms with van der Waals surface area (Å²) in [5.74, 6) is -1.36. The summed E-state index contributed by atoms with van der Waals surface area (Å²) < 4.78 is 12.9. The van der Waals surface area contributed by atoms with Gasteiger partial charge in [0.25, 0.3) is 0 Å². The minimum Gasteiger partial charge on any atom is -0.336 e. The molecule has 2 amide bonds. The highest BCUT2D eigenvalue weighted by Gasteiger charge is 2.15. The normalized spacial score (nSPS) is 10.3. The predicted molar refractivity (Wildman–Crippen MR) is 97.7 cm³/mol. The molecule has 0 heterocycles. The Hall–Kier alpha value is -2.73. The predicted octanol–water partition coefficient (Wildman–Crippen LogP) is 3.54. The Balaban J connectivity index is 1.79. The van der Waals surface area contributed by atoms with Crippen LogP contribution in [-0.4, -0.2) is 36.1 Å². The van der Waals surface area contributed by atoms with Crippen LogP contribution in [0.1, 0.15) is 23.2 Å². The summed E-state index contributed by atoms with van der Waals surface area (Å²) in [4.78, 5) is 37.3. The van der Waals surface area contributed by atoms with E-state index in [1.165, 1.54) is 36.2 Å². The number of benzene rings is 2. The lowest BCUT2D eigenvalue weighted by Gasteiger charge is -2.16. The summed E-state index contributed by atoms with van der Waals surface area (Å²) in [6.45, 7) is -0.133. The van der Waals surface area contributed by atoms with E-state index in [0.29, 0.717) is 16.3 Å². The largest absolute Gasteiger partial charge is 0.336 e. The standard InChI is InChI=1S/C19H18ClFN2O3/c1-23(12-18(25)22-16-8-4-14(20)5-9-16)19(26)11-10-17(24)13-2-6-15(21)7-3-13/h2-9H,10-12H2,1H3,(H,22,25). The third-order valence-corrected chi connectivity index (χ3v) is 3.92. The summed E-state index contributed by atoms with van der Waals surface area (Å²) in [5, 5.41) is 3.21. The van der Waals surface area contributed by atoms with Crippen molar-refractivity contribution in [3.63, 3.8) is 0 Å². The van der Waals surface area contributed by atoms with Crippen LogP contribution in [0.15, 0.2) is 48.5 Å². The number of ketones is 1. The van der Waals surface area contributed by atoms with Crippen LogP contribution in [-0.2, 0) is 9.59 Å². The molecule has 0 saturated heterocycles. The number of likely N-dealkylation sites (N-methyl/N-ethyl adjacent to an activating group) is 1. The van der Waals surface area contributed by atoms with Gasteiger partial charge in [-0.1, -0.05) is 11.6 Å². The number of carbonyl (C=O) groups is 3. The fraction of sp³-hybridized carbons (Fsp3) is 0.211. The molecular formula is C19H18ClFN2O3. The number of halogens is 2. The quantitative estimate of drug-likeness (QED) is 0.751. The Morgan fingerprint density at radius 2 is 1.62 bits per heavy atom. The van der Waals surface area contributed by atoms with Crippen LogP contribution < -0.4 is 5.32 Å². The van der Waals surface area contributed by atoms with Gasteiger partial charge >= 0.3 is 0 Å². The molecule has 0 atom stereocenters. The van der Waals surface area contributed by atoms with Crippen LogP contribution in [0.25, 0.3) is 0 Å². The lowest BCUT2D eigenvalue weighted by atomic mass is 10.1. The molecule has 2 rings (SSSR count). The van der Waals surface area contributed by atoms with Gasteiger partial charge in [0.05, 0.1) is 6.54 Å². The van der Waals surface area contributed by atoms with Crippen molar-refractivity contribution in [2.24, 2.45) is 0 Å². The Morgan fingerprint density at radius 3 is 2.23 bits per heavy atom. The van der Waals surface area contributed by atoms with E-state index in [-0.39, 0.29) is 37.0 Å². The first-order valence-corrected chi connectivity index (χ1v) is 8.31.